The van der Waals surface area contributed by atoms with Crippen LogP contribution in [0.15, 0.2) is 0 Å². The molecule has 0 bridgehead atoms. The Morgan fingerprint density at radius 2 is 0.486 bits per heavy atom. The lowest BCUT2D eigenvalue weighted by molar-refractivity contribution is -0.161. The fraction of sp³-hybridized carbons (Fsp3) is 0.953. The van der Waals surface area contributed by atoms with Crippen LogP contribution in [0.5, 0.6) is 0 Å². The first-order valence-electron chi connectivity index (χ1n) is 44.5. The van der Waals surface area contributed by atoms with Crippen LogP contribution in [-0.4, -0.2) is 96.7 Å². The van der Waals surface area contributed by atoms with Gasteiger partial charge in [0.05, 0.1) is 26.4 Å². The van der Waals surface area contributed by atoms with E-state index in [0.717, 1.165) is 108 Å². The molecule has 19 heteroatoms. The van der Waals surface area contributed by atoms with Crippen molar-refractivity contribution in [3.05, 3.63) is 0 Å². The molecule has 0 saturated heterocycles. The first-order chi connectivity index (χ1) is 50.9. The third-order valence-electron chi connectivity index (χ3n) is 20.6. The van der Waals surface area contributed by atoms with Crippen LogP contribution >= 0.6 is 15.6 Å². The van der Waals surface area contributed by atoms with Crippen LogP contribution < -0.4 is 0 Å². The zero-order valence-electron chi connectivity index (χ0n) is 69.0. The molecule has 0 aromatic heterocycles. The summed E-state index contributed by atoms with van der Waals surface area (Å²) >= 11 is 0. The summed E-state index contributed by atoms with van der Waals surface area (Å²) in [6, 6.07) is 0. The number of hydrogen-bond acceptors (Lipinski definition) is 15. The molecule has 0 aromatic carbocycles. The average molecular weight is 1540 g/mol. The van der Waals surface area contributed by atoms with Gasteiger partial charge < -0.3 is 33.8 Å². The molecular formula is C86H168O17P2. The van der Waals surface area contributed by atoms with Crippen molar-refractivity contribution in [2.75, 3.05) is 39.6 Å². The highest BCUT2D eigenvalue weighted by Gasteiger charge is 2.30. The van der Waals surface area contributed by atoms with Crippen LogP contribution in [0, 0.1) is 11.8 Å². The molecule has 3 N–H and O–H groups in total. The predicted octanol–water partition coefficient (Wildman–Crippen LogP) is 26.2. The Morgan fingerprint density at radius 1 is 0.276 bits per heavy atom. The molecule has 0 aliphatic carbocycles. The molecule has 0 amide bonds. The summed E-state index contributed by atoms with van der Waals surface area (Å²) in [5.41, 5.74) is 0. The summed E-state index contributed by atoms with van der Waals surface area (Å²) in [5.74, 6) is -0.441. The van der Waals surface area contributed by atoms with E-state index >= 15 is 0 Å². The van der Waals surface area contributed by atoms with Crippen molar-refractivity contribution in [1.82, 2.24) is 0 Å². The summed E-state index contributed by atoms with van der Waals surface area (Å²) in [7, 11) is -9.92. The second kappa shape index (κ2) is 77.4. The number of phosphoric ester groups is 2. The van der Waals surface area contributed by atoms with Gasteiger partial charge in [0, 0.05) is 25.7 Å². The van der Waals surface area contributed by atoms with Crippen LogP contribution in [0.25, 0.3) is 0 Å². The third-order valence-corrected chi connectivity index (χ3v) is 22.5. The molecule has 0 fully saturated rings. The molecule has 624 valence electrons. The van der Waals surface area contributed by atoms with E-state index in [0.29, 0.717) is 25.7 Å². The summed E-state index contributed by atoms with van der Waals surface area (Å²) in [5, 5.41) is 10.6. The van der Waals surface area contributed by atoms with Gasteiger partial charge in [-0.05, 0) is 37.5 Å². The SMILES string of the molecule is CCCCCCCCCCCCCCCCCCCCCCC(=O)OC[C@H](COP(=O)(O)OC[C@@H](O)COP(=O)(O)OC[C@@H](COC(=O)CCCCCCC)OC(=O)CCCCCCCCCCCCCCCCCC(C)C)OC(=O)CCCCCCCCCCCCCCCCCCCCC(C)CC. The first-order valence-corrected chi connectivity index (χ1v) is 47.5. The van der Waals surface area contributed by atoms with Gasteiger partial charge in [-0.15, -0.1) is 0 Å². The van der Waals surface area contributed by atoms with Crippen LogP contribution in [0.3, 0.4) is 0 Å². The maximum absolute atomic E-state index is 13.1. The number of phosphoric acid groups is 2. The molecule has 0 saturated carbocycles. The van der Waals surface area contributed by atoms with Crippen molar-refractivity contribution in [3.63, 3.8) is 0 Å². The molecule has 17 nitrogen and oxygen atoms in total. The number of esters is 4. The Labute approximate surface area is 645 Å². The van der Waals surface area contributed by atoms with Crippen molar-refractivity contribution in [2.45, 2.75) is 477 Å². The standard InChI is InChI=1S/C86H168O17P2/c1-7-10-12-14-15-16-17-18-19-20-21-22-26-31-36-41-46-51-57-63-69-84(89)97-75-82(103-86(91)71-65-58-52-47-42-37-32-27-24-23-25-30-35-40-45-50-56-61-67-79(6)9-3)77-101-105(94,95)99-73-80(87)72-98-104(92,93)100-76-81(74-96-83(88)68-62-54-13-11-8-2)102-85(90)70-64-59-53-48-43-38-33-28-29-34-39-44-49-55-60-66-78(4)5/h78-82,87H,7-77H2,1-6H3,(H,92,93)(H,94,95)/t79?,80-,81+,82+/m0/s1. The van der Waals surface area contributed by atoms with Gasteiger partial charge in [-0.25, -0.2) is 9.13 Å². The van der Waals surface area contributed by atoms with E-state index in [1.165, 1.54) is 270 Å². The van der Waals surface area contributed by atoms with E-state index in [9.17, 15) is 43.2 Å². The molecule has 0 aliphatic rings. The summed E-state index contributed by atoms with van der Waals surface area (Å²) < 4.78 is 68.6. The van der Waals surface area contributed by atoms with Gasteiger partial charge in [-0.2, -0.15) is 0 Å². The molecule has 0 aliphatic heterocycles. The fourth-order valence-electron chi connectivity index (χ4n) is 13.4. The van der Waals surface area contributed by atoms with E-state index in [1.54, 1.807) is 0 Å². The van der Waals surface area contributed by atoms with Gasteiger partial charge in [0.25, 0.3) is 0 Å². The second-order valence-electron chi connectivity index (χ2n) is 31.6. The lowest BCUT2D eigenvalue weighted by Gasteiger charge is -2.21. The Kier molecular flexibility index (Phi) is 76.0. The van der Waals surface area contributed by atoms with E-state index in [4.69, 9.17) is 37.0 Å². The van der Waals surface area contributed by atoms with Gasteiger partial charge in [0.2, 0.25) is 0 Å². The van der Waals surface area contributed by atoms with Crippen molar-refractivity contribution in [2.24, 2.45) is 11.8 Å². The monoisotopic (exact) mass is 1540 g/mol. The normalized spacial score (nSPS) is 14.1. The fourth-order valence-corrected chi connectivity index (χ4v) is 15.0. The number of hydrogen-bond donors (Lipinski definition) is 3. The lowest BCUT2D eigenvalue weighted by Crippen LogP contribution is -2.30. The minimum absolute atomic E-state index is 0.107. The molecule has 0 rings (SSSR count). The van der Waals surface area contributed by atoms with Crippen LogP contribution in [0.4, 0.5) is 0 Å². The molecular weight excluding hydrogens is 1370 g/mol. The number of aliphatic hydroxyl groups is 1. The smallest absolute Gasteiger partial charge is 0.462 e. The first kappa shape index (κ1) is 103. The molecule has 0 heterocycles. The maximum atomic E-state index is 13.1. The molecule has 0 radical (unpaired) electrons. The minimum atomic E-state index is -4.96. The van der Waals surface area contributed by atoms with Gasteiger partial charge in [0.15, 0.2) is 12.2 Å². The number of carbonyl (C=O) groups excluding carboxylic acids is 4. The highest BCUT2D eigenvalue weighted by Crippen LogP contribution is 2.45. The number of carbonyl (C=O) groups is 4. The summed E-state index contributed by atoms with van der Waals surface area (Å²) in [6.45, 7) is 9.67. The Bertz CT molecular complexity index is 2010. The summed E-state index contributed by atoms with van der Waals surface area (Å²) in [6.07, 6.45) is 70.0. The zero-order chi connectivity index (χ0) is 77.1. The highest BCUT2D eigenvalue weighted by molar-refractivity contribution is 7.47. The van der Waals surface area contributed by atoms with Gasteiger partial charge in [-0.1, -0.05) is 408 Å². The van der Waals surface area contributed by atoms with E-state index in [2.05, 4.69) is 41.5 Å². The number of unbranched alkanes of at least 4 members (excludes halogenated alkanes) is 54. The second-order valence-corrected chi connectivity index (χ2v) is 34.6. The maximum Gasteiger partial charge on any atom is 0.472 e. The zero-order valence-corrected chi connectivity index (χ0v) is 70.8. The van der Waals surface area contributed by atoms with E-state index < -0.39 is 97.5 Å². The molecule has 105 heavy (non-hydrogen) atoms. The largest absolute Gasteiger partial charge is 0.472 e. The molecule has 3 unspecified atom stereocenters. The average Bonchev–Trinajstić information content (AvgIpc) is 0.990. The predicted molar refractivity (Wildman–Crippen MR) is 432 cm³/mol. The number of aliphatic hydroxyl groups excluding tert-OH is 1. The number of ether oxygens (including phenoxy) is 4. The topological polar surface area (TPSA) is 237 Å². The third kappa shape index (κ3) is 78.5. The van der Waals surface area contributed by atoms with Crippen molar-refractivity contribution >= 4 is 39.5 Å². The van der Waals surface area contributed by atoms with Gasteiger partial charge in [0.1, 0.15) is 19.3 Å². The molecule has 0 spiro atoms. The van der Waals surface area contributed by atoms with Gasteiger partial charge >= 0.3 is 39.5 Å². The number of rotatable bonds is 85. The van der Waals surface area contributed by atoms with Crippen LogP contribution in [0.1, 0.15) is 459 Å². The lowest BCUT2D eigenvalue weighted by atomic mass is 9.99. The highest BCUT2D eigenvalue weighted by atomic mass is 31.2. The van der Waals surface area contributed by atoms with E-state index in [-0.39, 0.29) is 25.7 Å². The van der Waals surface area contributed by atoms with Crippen LogP contribution in [-0.2, 0) is 65.4 Å². The van der Waals surface area contributed by atoms with Crippen LogP contribution in [0.2, 0.25) is 0 Å². The van der Waals surface area contributed by atoms with Crippen molar-refractivity contribution in [1.29, 1.82) is 0 Å². The van der Waals surface area contributed by atoms with Crippen molar-refractivity contribution in [3.8, 4) is 0 Å². The minimum Gasteiger partial charge on any atom is -0.462 e. The van der Waals surface area contributed by atoms with Gasteiger partial charge in [-0.3, -0.25) is 37.3 Å². The van der Waals surface area contributed by atoms with Crippen molar-refractivity contribution < 1.29 is 80.2 Å². The quantitative estimate of drug-likeness (QED) is 0.0222. The molecule has 6 atom stereocenters. The Hall–Kier alpha value is -1.94. The Morgan fingerprint density at radius 3 is 0.724 bits per heavy atom. The molecule has 0 aromatic rings. The Balaban J connectivity index is 5.10. The van der Waals surface area contributed by atoms with E-state index in [1.807, 2.05) is 0 Å². The summed E-state index contributed by atoms with van der Waals surface area (Å²) in [4.78, 5) is 72.9.